The van der Waals surface area contributed by atoms with Crippen LogP contribution in [0.4, 0.5) is 5.69 Å². The van der Waals surface area contributed by atoms with Crippen LogP contribution in [-0.2, 0) is 21.4 Å². The quantitative estimate of drug-likeness (QED) is 0.455. The molecule has 166 valence electrons. The van der Waals surface area contributed by atoms with Crippen LogP contribution in [0.3, 0.4) is 0 Å². The van der Waals surface area contributed by atoms with Crippen LogP contribution in [0.1, 0.15) is 22.3 Å². The average molecular weight is 473 g/mol. The molecule has 2 N–H and O–H groups in total. The minimum Gasteiger partial charge on any atom is -0.487 e. The Morgan fingerprint density at radius 3 is 2.59 bits per heavy atom. The lowest BCUT2D eigenvalue weighted by molar-refractivity contribution is -0.131. The number of sulfonamides is 1. The number of halogens is 1. The standard InChI is InChI=1S/C23H21ClN2O5S/c1-15-11-17(7-9-23(27)28)6-8-18(15)14-31-21-13-19(24)16(2)12-20(21)26-32(29,30)22-5-3-4-10-25-22/h3-13,26H,14H2,1-2H3,(H,27,28)/b9-7+. The van der Waals surface area contributed by atoms with E-state index in [0.717, 1.165) is 22.8 Å². The summed E-state index contributed by atoms with van der Waals surface area (Å²) < 4.78 is 33.9. The first kappa shape index (κ1) is 23.3. The third-order valence-electron chi connectivity index (χ3n) is 4.59. The van der Waals surface area contributed by atoms with Crippen molar-refractivity contribution in [1.29, 1.82) is 0 Å². The van der Waals surface area contributed by atoms with E-state index in [9.17, 15) is 13.2 Å². The Morgan fingerprint density at radius 1 is 1.16 bits per heavy atom. The number of hydrogen-bond acceptors (Lipinski definition) is 5. The molecule has 0 fully saturated rings. The van der Waals surface area contributed by atoms with Crippen LogP contribution < -0.4 is 9.46 Å². The van der Waals surface area contributed by atoms with E-state index in [1.807, 2.05) is 19.1 Å². The van der Waals surface area contributed by atoms with Gasteiger partial charge < -0.3 is 9.84 Å². The number of ether oxygens (including phenoxy) is 1. The fraction of sp³-hybridized carbons (Fsp3) is 0.130. The number of aliphatic carboxylic acids is 1. The summed E-state index contributed by atoms with van der Waals surface area (Å²) in [6, 6.07) is 13.2. The Morgan fingerprint density at radius 2 is 1.94 bits per heavy atom. The van der Waals surface area contributed by atoms with Gasteiger partial charge in [0.15, 0.2) is 5.03 Å². The van der Waals surface area contributed by atoms with E-state index in [2.05, 4.69) is 9.71 Å². The number of pyridine rings is 1. The summed E-state index contributed by atoms with van der Waals surface area (Å²) in [6.07, 6.45) is 3.97. The number of carbonyl (C=O) groups is 1. The molecule has 0 radical (unpaired) electrons. The second kappa shape index (κ2) is 9.84. The third-order valence-corrected chi connectivity index (χ3v) is 6.27. The van der Waals surface area contributed by atoms with Crippen LogP contribution in [0.15, 0.2) is 65.8 Å². The minimum atomic E-state index is -3.92. The molecule has 0 spiro atoms. The molecule has 0 bridgehead atoms. The molecule has 0 saturated carbocycles. The number of hydrogen-bond donors (Lipinski definition) is 2. The summed E-state index contributed by atoms with van der Waals surface area (Å²) in [4.78, 5) is 14.6. The molecule has 0 atom stereocenters. The molecular formula is C23H21ClN2O5S. The van der Waals surface area contributed by atoms with Gasteiger partial charge in [0.1, 0.15) is 12.4 Å². The highest BCUT2D eigenvalue weighted by atomic mass is 35.5. The maximum atomic E-state index is 12.7. The van der Waals surface area contributed by atoms with Crippen LogP contribution in [0.25, 0.3) is 6.08 Å². The normalized spacial score (nSPS) is 11.5. The van der Waals surface area contributed by atoms with Crippen molar-refractivity contribution in [2.45, 2.75) is 25.5 Å². The van der Waals surface area contributed by atoms with Crippen LogP contribution in [0.5, 0.6) is 5.75 Å². The molecule has 7 nitrogen and oxygen atoms in total. The molecular weight excluding hydrogens is 452 g/mol. The maximum absolute atomic E-state index is 12.7. The van der Waals surface area contributed by atoms with Crippen molar-refractivity contribution in [1.82, 2.24) is 4.98 Å². The number of rotatable bonds is 8. The van der Waals surface area contributed by atoms with Crippen molar-refractivity contribution in [2.75, 3.05) is 4.72 Å². The summed E-state index contributed by atoms with van der Waals surface area (Å²) in [7, 11) is -3.92. The Hall–Kier alpha value is -3.36. The fourth-order valence-corrected chi connectivity index (χ4v) is 4.04. The number of aromatic nitrogens is 1. The van der Waals surface area contributed by atoms with E-state index in [1.54, 1.807) is 37.3 Å². The average Bonchev–Trinajstić information content (AvgIpc) is 2.75. The number of aryl methyl sites for hydroxylation is 2. The second-order valence-electron chi connectivity index (χ2n) is 7.02. The molecule has 32 heavy (non-hydrogen) atoms. The second-order valence-corrected chi connectivity index (χ2v) is 9.05. The van der Waals surface area contributed by atoms with Gasteiger partial charge in [-0.05, 0) is 60.4 Å². The SMILES string of the molecule is Cc1cc(NS(=O)(=O)c2ccccn2)c(OCc2ccc(/C=C/C(=O)O)cc2C)cc1Cl. The van der Waals surface area contributed by atoms with Gasteiger partial charge in [0.2, 0.25) is 0 Å². The first-order chi connectivity index (χ1) is 15.2. The molecule has 9 heteroatoms. The number of anilines is 1. The zero-order chi connectivity index (χ0) is 23.3. The lowest BCUT2D eigenvalue weighted by Crippen LogP contribution is -2.15. The summed E-state index contributed by atoms with van der Waals surface area (Å²) in [6.45, 7) is 3.80. The van der Waals surface area contributed by atoms with Gasteiger partial charge in [0, 0.05) is 23.4 Å². The Labute approximate surface area is 191 Å². The summed E-state index contributed by atoms with van der Waals surface area (Å²) in [5, 5.41) is 9.09. The molecule has 0 amide bonds. The largest absolute Gasteiger partial charge is 0.487 e. The number of benzene rings is 2. The highest BCUT2D eigenvalue weighted by molar-refractivity contribution is 7.92. The molecule has 1 heterocycles. The van der Waals surface area contributed by atoms with E-state index in [-0.39, 0.29) is 23.1 Å². The summed E-state index contributed by atoms with van der Waals surface area (Å²) in [5.41, 5.74) is 3.43. The lowest BCUT2D eigenvalue weighted by Gasteiger charge is -2.16. The highest BCUT2D eigenvalue weighted by Crippen LogP contribution is 2.33. The van der Waals surface area contributed by atoms with Crippen molar-refractivity contribution in [3.05, 3.63) is 88.1 Å². The predicted molar refractivity (Wildman–Crippen MR) is 123 cm³/mol. The molecule has 0 unspecified atom stereocenters. The van der Waals surface area contributed by atoms with E-state index in [4.69, 9.17) is 21.4 Å². The molecule has 0 saturated heterocycles. The lowest BCUT2D eigenvalue weighted by atomic mass is 10.1. The molecule has 3 aromatic rings. The number of carboxylic acids is 1. The van der Waals surface area contributed by atoms with Gasteiger partial charge >= 0.3 is 5.97 Å². The van der Waals surface area contributed by atoms with Crippen LogP contribution in [-0.4, -0.2) is 24.5 Å². The van der Waals surface area contributed by atoms with E-state index < -0.39 is 16.0 Å². The minimum absolute atomic E-state index is 0.112. The Kier molecular flexibility index (Phi) is 7.17. The third kappa shape index (κ3) is 5.87. The van der Waals surface area contributed by atoms with Gasteiger partial charge in [0.25, 0.3) is 10.0 Å². The first-order valence-corrected chi connectivity index (χ1v) is 11.4. The summed E-state index contributed by atoms with van der Waals surface area (Å²) in [5.74, 6) is -0.749. The van der Waals surface area contributed by atoms with Crippen LogP contribution >= 0.6 is 11.6 Å². The Balaban J connectivity index is 1.84. The topological polar surface area (TPSA) is 106 Å². The van der Waals surface area contributed by atoms with Gasteiger partial charge in [-0.25, -0.2) is 9.78 Å². The van der Waals surface area contributed by atoms with E-state index >= 15 is 0 Å². The Bertz CT molecular complexity index is 1280. The van der Waals surface area contributed by atoms with Crippen molar-refractivity contribution in [3.63, 3.8) is 0 Å². The van der Waals surface area contributed by atoms with Gasteiger partial charge in [-0.3, -0.25) is 4.72 Å². The fourth-order valence-electron chi connectivity index (χ4n) is 2.87. The monoisotopic (exact) mass is 472 g/mol. The summed E-state index contributed by atoms with van der Waals surface area (Å²) >= 11 is 6.24. The maximum Gasteiger partial charge on any atom is 0.328 e. The molecule has 1 aromatic heterocycles. The number of nitrogens with zero attached hydrogens (tertiary/aromatic N) is 1. The van der Waals surface area contributed by atoms with Crippen molar-refractivity contribution >= 4 is 39.4 Å². The van der Waals surface area contributed by atoms with E-state index in [1.165, 1.54) is 18.3 Å². The van der Waals surface area contributed by atoms with Gasteiger partial charge in [0.05, 0.1) is 5.69 Å². The van der Waals surface area contributed by atoms with Crippen molar-refractivity contribution in [2.24, 2.45) is 0 Å². The zero-order valence-electron chi connectivity index (χ0n) is 17.4. The molecule has 0 aliphatic heterocycles. The van der Waals surface area contributed by atoms with Crippen LogP contribution in [0.2, 0.25) is 5.02 Å². The zero-order valence-corrected chi connectivity index (χ0v) is 18.9. The molecule has 2 aromatic carbocycles. The predicted octanol–water partition coefficient (Wildman–Crippen LogP) is 4.83. The van der Waals surface area contributed by atoms with Crippen LogP contribution in [0, 0.1) is 13.8 Å². The van der Waals surface area contributed by atoms with E-state index in [0.29, 0.717) is 10.6 Å². The van der Waals surface area contributed by atoms with Gasteiger partial charge in [-0.15, -0.1) is 0 Å². The molecule has 0 aliphatic rings. The van der Waals surface area contributed by atoms with Gasteiger partial charge in [-0.2, -0.15) is 8.42 Å². The molecule has 0 aliphatic carbocycles. The molecule has 3 rings (SSSR count). The number of nitrogens with one attached hydrogen (secondary N) is 1. The van der Waals surface area contributed by atoms with Crippen molar-refractivity contribution in [3.8, 4) is 5.75 Å². The number of carboxylic acid groups (broad SMARTS) is 1. The highest BCUT2D eigenvalue weighted by Gasteiger charge is 2.19. The van der Waals surface area contributed by atoms with Crippen molar-refractivity contribution < 1.29 is 23.1 Å². The van der Waals surface area contributed by atoms with Gasteiger partial charge in [-0.1, -0.05) is 35.9 Å². The first-order valence-electron chi connectivity index (χ1n) is 9.53. The smallest absolute Gasteiger partial charge is 0.328 e.